The Morgan fingerprint density at radius 1 is 1.32 bits per heavy atom. The lowest BCUT2D eigenvalue weighted by molar-refractivity contribution is 0.475. The van der Waals surface area contributed by atoms with Gasteiger partial charge in [0.2, 0.25) is 0 Å². The van der Waals surface area contributed by atoms with Gasteiger partial charge in [-0.05, 0) is 43.9 Å². The lowest BCUT2D eigenvalue weighted by Gasteiger charge is -2.13. The molecule has 3 N–H and O–H groups in total. The number of benzene rings is 1. The molecule has 1 fully saturated rings. The fourth-order valence-electron chi connectivity index (χ4n) is 2.40. The summed E-state index contributed by atoms with van der Waals surface area (Å²) in [6, 6.07) is 7.51. The molecular weight excluding hydrogens is 240 g/mol. The van der Waals surface area contributed by atoms with Crippen LogP contribution in [0.25, 0.3) is 0 Å². The molecule has 2 aromatic rings. The predicted octanol–water partition coefficient (Wildman–Crippen LogP) is 1.87. The fraction of sp³-hybridized carbons (Fsp3) is 0.429. The Labute approximate surface area is 112 Å². The van der Waals surface area contributed by atoms with Crippen molar-refractivity contribution < 1.29 is 5.11 Å². The molecule has 1 aromatic heterocycles. The van der Waals surface area contributed by atoms with Crippen LogP contribution in [0.5, 0.6) is 5.75 Å². The first-order valence-corrected chi connectivity index (χ1v) is 6.60. The second-order valence-electron chi connectivity index (χ2n) is 5.18. The number of nitrogens with two attached hydrogens (primary N) is 1. The van der Waals surface area contributed by atoms with E-state index in [1.807, 2.05) is 19.1 Å². The van der Waals surface area contributed by atoms with Gasteiger partial charge in [0.05, 0.1) is 6.04 Å². The third kappa shape index (κ3) is 2.46. The summed E-state index contributed by atoms with van der Waals surface area (Å²) in [6.45, 7) is 1.97. The highest BCUT2D eigenvalue weighted by Crippen LogP contribution is 2.37. The Kier molecular flexibility index (Phi) is 2.98. The van der Waals surface area contributed by atoms with Crippen molar-refractivity contribution >= 4 is 0 Å². The van der Waals surface area contributed by atoms with Gasteiger partial charge in [-0.15, -0.1) is 10.2 Å². The van der Waals surface area contributed by atoms with Gasteiger partial charge in [-0.2, -0.15) is 0 Å². The van der Waals surface area contributed by atoms with Crippen LogP contribution in [0.15, 0.2) is 24.3 Å². The summed E-state index contributed by atoms with van der Waals surface area (Å²) in [4.78, 5) is 0. The van der Waals surface area contributed by atoms with Crippen LogP contribution in [0.4, 0.5) is 0 Å². The minimum atomic E-state index is -0.161. The zero-order valence-corrected chi connectivity index (χ0v) is 11.0. The standard InChI is InChI=1S/C14H18N4O/c1-9-16-17-14(18(9)11-4-5-11)13(15)8-10-2-6-12(19)7-3-10/h2-3,6-7,11,13,19H,4-5,8,15H2,1H3/t13-/m1/s1. The Hall–Kier alpha value is -1.88. The molecule has 1 aliphatic carbocycles. The highest BCUT2D eigenvalue weighted by molar-refractivity contribution is 5.27. The molecular formula is C14H18N4O. The molecule has 1 saturated carbocycles. The monoisotopic (exact) mass is 258 g/mol. The molecule has 100 valence electrons. The largest absolute Gasteiger partial charge is 0.508 e. The van der Waals surface area contributed by atoms with E-state index in [2.05, 4.69) is 14.8 Å². The number of rotatable bonds is 4. The fourth-order valence-corrected chi connectivity index (χ4v) is 2.40. The normalized spacial score (nSPS) is 16.5. The third-order valence-corrected chi connectivity index (χ3v) is 3.53. The van der Waals surface area contributed by atoms with Gasteiger partial charge in [0.25, 0.3) is 0 Å². The molecule has 0 aliphatic heterocycles. The van der Waals surface area contributed by atoms with Crippen LogP contribution >= 0.6 is 0 Å². The van der Waals surface area contributed by atoms with Crippen LogP contribution in [0.3, 0.4) is 0 Å². The van der Waals surface area contributed by atoms with Gasteiger partial charge in [0, 0.05) is 6.04 Å². The first-order chi connectivity index (χ1) is 9.15. The van der Waals surface area contributed by atoms with Crippen molar-refractivity contribution in [2.75, 3.05) is 0 Å². The summed E-state index contributed by atoms with van der Waals surface area (Å²) in [5.41, 5.74) is 7.35. The van der Waals surface area contributed by atoms with Gasteiger partial charge in [0.1, 0.15) is 11.6 Å². The van der Waals surface area contributed by atoms with Gasteiger partial charge in [-0.3, -0.25) is 0 Å². The molecule has 0 saturated heterocycles. The van der Waals surface area contributed by atoms with E-state index in [1.54, 1.807) is 12.1 Å². The molecule has 19 heavy (non-hydrogen) atoms. The summed E-state index contributed by atoms with van der Waals surface area (Å²) in [5, 5.41) is 17.7. The van der Waals surface area contributed by atoms with Crippen LogP contribution in [0.1, 0.15) is 42.1 Å². The van der Waals surface area contributed by atoms with E-state index in [4.69, 9.17) is 5.73 Å². The summed E-state index contributed by atoms with van der Waals surface area (Å²) < 4.78 is 2.17. The van der Waals surface area contributed by atoms with E-state index in [0.29, 0.717) is 12.5 Å². The maximum absolute atomic E-state index is 9.28. The molecule has 1 heterocycles. The highest BCUT2D eigenvalue weighted by Gasteiger charge is 2.30. The third-order valence-electron chi connectivity index (χ3n) is 3.53. The van der Waals surface area contributed by atoms with Crippen molar-refractivity contribution in [2.45, 2.75) is 38.3 Å². The summed E-state index contributed by atoms with van der Waals surface area (Å²) >= 11 is 0. The zero-order valence-electron chi connectivity index (χ0n) is 11.0. The topological polar surface area (TPSA) is 77.0 Å². The SMILES string of the molecule is Cc1nnc([C@H](N)Cc2ccc(O)cc2)n1C1CC1. The van der Waals surface area contributed by atoms with Gasteiger partial charge in [-0.25, -0.2) is 0 Å². The average Bonchev–Trinajstić information content (AvgIpc) is 3.15. The maximum Gasteiger partial charge on any atom is 0.150 e. The van der Waals surface area contributed by atoms with E-state index in [1.165, 1.54) is 12.8 Å². The van der Waals surface area contributed by atoms with E-state index >= 15 is 0 Å². The Balaban J connectivity index is 1.80. The van der Waals surface area contributed by atoms with Crippen LogP contribution < -0.4 is 5.73 Å². The van der Waals surface area contributed by atoms with Crippen LogP contribution in [0, 0.1) is 6.92 Å². The molecule has 5 nitrogen and oxygen atoms in total. The first kappa shape index (κ1) is 12.2. The van der Waals surface area contributed by atoms with Crippen molar-refractivity contribution in [3.8, 4) is 5.75 Å². The highest BCUT2D eigenvalue weighted by atomic mass is 16.3. The van der Waals surface area contributed by atoms with Crippen molar-refractivity contribution in [1.82, 2.24) is 14.8 Å². The smallest absolute Gasteiger partial charge is 0.150 e. The Morgan fingerprint density at radius 2 is 2.00 bits per heavy atom. The van der Waals surface area contributed by atoms with Crippen molar-refractivity contribution in [3.63, 3.8) is 0 Å². The minimum Gasteiger partial charge on any atom is -0.508 e. The Bertz CT molecular complexity index is 572. The van der Waals surface area contributed by atoms with E-state index in [-0.39, 0.29) is 11.8 Å². The molecule has 1 atom stereocenters. The minimum absolute atomic E-state index is 0.161. The quantitative estimate of drug-likeness (QED) is 0.877. The van der Waals surface area contributed by atoms with Crippen molar-refractivity contribution in [1.29, 1.82) is 0 Å². The van der Waals surface area contributed by atoms with Crippen LogP contribution in [0.2, 0.25) is 0 Å². The van der Waals surface area contributed by atoms with Gasteiger partial charge in [-0.1, -0.05) is 12.1 Å². The number of phenolic OH excluding ortho intramolecular Hbond substituents is 1. The number of aryl methyl sites for hydroxylation is 1. The number of hydrogen-bond donors (Lipinski definition) is 2. The molecule has 1 aliphatic rings. The molecule has 3 rings (SSSR count). The molecule has 5 heteroatoms. The molecule has 0 spiro atoms. The van der Waals surface area contributed by atoms with Crippen LogP contribution in [-0.2, 0) is 6.42 Å². The summed E-state index contributed by atoms with van der Waals surface area (Å²) in [7, 11) is 0. The molecule has 0 radical (unpaired) electrons. The lowest BCUT2D eigenvalue weighted by atomic mass is 10.1. The predicted molar refractivity (Wildman–Crippen MR) is 71.8 cm³/mol. The number of aromatic hydroxyl groups is 1. The second-order valence-corrected chi connectivity index (χ2v) is 5.18. The second kappa shape index (κ2) is 4.66. The van der Waals surface area contributed by atoms with Gasteiger partial charge >= 0.3 is 0 Å². The molecule has 1 aromatic carbocycles. The van der Waals surface area contributed by atoms with Crippen LogP contribution in [-0.4, -0.2) is 19.9 Å². The number of nitrogens with zero attached hydrogens (tertiary/aromatic N) is 3. The lowest BCUT2D eigenvalue weighted by Crippen LogP contribution is -2.19. The molecule has 0 amide bonds. The average molecular weight is 258 g/mol. The van der Waals surface area contributed by atoms with E-state index in [0.717, 1.165) is 17.2 Å². The van der Waals surface area contributed by atoms with Crippen molar-refractivity contribution in [3.05, 3.63) is 41.5 Å². The number of aromatic nitrogens is 3. The summed E-state index contributed by atoms with van der Waals surface area (Å²) in [5.74, 6) is 2.08. The van der Waals surface area contributed by atoms with E-state index < -0.39 is 0 Å². The van der Waals surface area contributed by atoms with Gasteiger partial charge in [0.15, 0.2) is 5.82 Å². The summed E-state index contributed by atoms with van der Waals surface area (Å²) in [6.07, 6.45) is 3.08. The Morgan fingerprint density at radius 3 is 2.63 bits per heavy atom. The molecule has 0 bridgehead atoms. The van der Waals surface area contributed by atoms with Crippen molar-refractivity contribution in [2.24, 2.45) is 5.73 Å². The first-order valence-electron chi connectivity index (χ1n) is 6.60. The zero-order chi connectivity index (χ0) is 13.4. The maximum atomic E-state index is 9.28. The number of hydrogen-bond acceptors (Lipinski definition) is 4. The molecule has 0 unspecified atom stereocenters. The van der Waals surface area contributed by atoms with E-state index in [9.17, 15) is 5.11 Å². The van der Waals surface area contributed by atoms with Gasteiger partial charge < -0.3 is 15.4 Å². The number of phenols is 1.